The number of carbonyl (C=O) groups is 1. The standard InChI is InChI=1S/C25H27N5OS/c1-2-30-24-21(17-26-30)20(16-22(27-24)23-10-6-15-32-23)25(31)29-12-7-11-28(13-14-29)18-19-8-4-3-5-9-19/h3-6,8-10,15-17H,2,7,11-14,18H2,1H3. The first kappa shape index (κ1) is 20.8. The van der Waals surface area contributed by atoms with Gasteiger partial charge < -0.3 is 4.90 Å². The molecule has 6 nitrogen and oxygen atoms in total. The molecule has 1 aliphatic rings. The second kappa shape index (κ2) is 9.22. The Labute approximate surface area is 192 Å². The smallest absolute Gasteiger partial charge is 0.254 e. The topological polar surface area (TPSA) is 54.3 Å². The number of benzene rings is 1. The highest BCUT2D eigenvalue weighted by atomic mass is 32.1. The fraction of sp³-hybridized carbons (Fsp3) is 0.320. The molecule has 0 bridgehead atoms. The Kier molecular flexibility index (Phi) is 6.01. The monoisotopic (exact) mass is 445 g/mol. The van der Waals surface area contributed by atoms with E-state index < -0.39 is 0 Å². The lowest BCUT2D eigenvalue weighted by Gasteiger charge is -2.22. The van der Waals surface area contributed by atoms with E-state index in [0.29, 0.717) is 5.56 Å². The minimum Gasteiger partial charge on any atom is -0.337 e. The number of hydrogen-bond donors (Lipinski definition) is 0. The van der Waals surface area contributed by atoms with E-state index in [4.69, 9.17) is 4.98 Å². The van der Waals surface area contributed by atoms with Crippen molar-refractivity contribution in [1.29, 1.82) is 0 Å². The largest absolute Gasteiger partial charge is 0.337 e. The van der Waals surface area contributed by atoms with Crippen LogP contribution in [0.4, 0.5) is 0 Å². The van der Waals surface area contributed by atoms with E-state index in [1.165, 1.54) is 5.56 Å². The highest BCUT2D eigenvalue weighted by molar-refractivity contribution is 7.13. The quantitative estimate of drug-likeness (QED) is 0.453. The summed E-state index contributed by atoms with van der Waals surface area (Å²) < 4.78 is 1.87. The van der Waals surface area contributed by atoms with Crippen molar-refractivity contribution < 1.29 is 4.79 Å². The number of hydrogen-bond acceptors (Lipinski definition) is 5. The Morgan fingerprint density at radius 3 is 2.72 bits per heavy atom. The summed E-state index contributed by atoms with van der Waals surface area (Å²) in [6.07, 6.45) is 2.76. The lowest BCUT2D eigenvalue weighted by atomic mass is 10.1. The molecule has 0 unspecified atom stereocenters. The molecule has 0 aliphatic carbocycles. The third-order valence-electron chi connectivity index (χ3n) is 6.04. The van der Waals surface area contributed by atoms with Gasteiger partial charge in [0, 0.05) is 39.3 Å². The van der Waals surface area contributed by atoms with Crippen molar-refractivity contribution >= 4 is 28.3 Å². The Hall–Kier alpha value is -3.03. The van der Waals surface area contributed by atoms with E-state index in [0.717, 1.165) is 67.3 Å². The van der Waals surface area contributed by atoms with Crippen LogP contribution in [0.1, 0.15) is 29.3 Å². The van der Waals surface area contributed by atoms with Crippen LogP contribution >= 0.6 is 11.3 Å². The third kappa shape index (κ3) is 4.18. The van der Waals surface area contributed by atoms with Crippen LogP contribution < -0.4 is 0 Å². The first-order valence-corrected chi connectivity index (χ1v) is 12.1. The molecule has 7 heteroatoms. The molecule has 1 fully saturated rings. The van der Waals surface area contributed by atoms with Gasteiger partial charge in [0.2, 0.25) is 0 Å². The van der Waals surface area contributed by atoms with Crippen LogP contribution in [0.15, 0.2) is 60.1 Å². The second-order valence-corrected chi connectivity index (χ2v) is 9.09. The zero-order chi connectivity index (χ0) is 21.9. The van der Waals surface area contributed by atoms with Gasteiger partial charge in [-0.2, -0.15) is 5.10 Å². The molecule has 1 saturated heterocycles. The van der Waals surface area contributed by atoms with Gasteiger partial charge in [0.05, 0.1) is 27.7 Å². The summed E-state index contributed by atoms with van der Waals surface area (Å²) in [6, 6.07) is 16.6. The first-order valence-electron chi connectivity index (χ1n) is 11.2. The molecule has 164 valence electrons. The molecule has 32 heavy (non-hydrogen) atoms. The molecule has 3 aromatic heterocycles. The van der Waals surface area contributed by atoms with Crippen molar-refractivity contribution in [2.75, 3.05) is 26.2 Å². The number of amides is 1. The molecule has 4 aromatic rings. The summed E-state index contributed by atoms with van der Waals surface area (Å²) in [5.41, 5.74) is 3.64. The summed E-state index contributed by atoms with van der Waals surface area (Å²) in [4.78, 5) is 24.1. The van der Waals surface area contributed by atoms with Gasteiger partial charge in [-0.25, -0.2) is 9.67 Å². The minimum absolute atomic E-state index is 0.0763. The average Bonchev–Trinajstić information content (AvgIpc) is 3.45. The summed E-state index contributed by atoms with van der Waals surface area (Å²) >= 11 is 1.64. The molecule has 0 radical (unpaired) electrons. The number of aryl methyl sites for hydroxylation is 1. The number of rotatable bonds is 5. The number of aromatic nitrogens is 3. The Morgan fingerprint density at radius 1 is 1.06 bits per heavy atom. The molecule has 1 aliphatic heterocycles. The van der Waals surface area contributed by atoms with Crippen molar-refractivity contribution in [3.8, 4) is 10.6 Å². The molecule has 4 heterocycles. The van der Waals surface area contributed by atoms with Crippen molar-refractivity contribution in [2.24, 2.45) is 0 Å². The van der Waals surface area contributed by atoms with Crippen molar-refractivity contribution in [2.45, 2.75) is 26.4 Å². The van der Waals surface area contributed by atoms with Crippen LogP contribution in [-0.4, -0.2) is 56.7 Å². The van der Waals surface area contributed by atoms with Gasteiger partial charge in [-0.3, -0.25) is 9.69 Å². The second-order valence-electron chi connectivity index (χ2n) is 8.14. The molecular weight excluding hydrogens is 418 g/mol. The minimum atomic E-state index is 0.0763. The van der Waals surface area contributed by atoms with Gasteiger partial charge in [0.1, 0.15) is 0 Å². The number of thiophene rings is 1. The fourth-order valence-electron chi connectivity index (χ4n) is 4.35. The number of fused-ring (bicyclic) bond motifs is 1. The number of nitrogens with zero attached hydrogens (tertiary/aromatic N) is 5. The maximum absolute atomic E-state index is 13.7. The lowest BCUT2D eigenvalue weighted by Crippen LogP contribution is -2.35. The molecule has 0 spiro atoms. The highest BCUT2D eigenvalue weighted by Gasteiger charge is 2.24. The molecule has 0 atom stereocenters. The molecule has 1 aromatic carbocycles. The third-order valence-corrected chi connectivity index (χ3v) is 6.93. The van der Waals surface area contributed by atoms with Crippen molar-refractivity contribution in [3.63, 3.8) is 0 Å². The predicted molar refractivity (Wildman–Crippen MR) is 129 cm³/mol. The highest BCUT2D eigenvalue weighted by Crippen LogP contribution is 2.29. The Morgan fingerprint density at radius 2 is 1.94 bits per heavy atom. The van der Waals surface area contributed by atoms with Gasteiger partial charge in [0.15, 0.2) is 5.65 Å². The fourth-order valence-corrected chi connectivity index (χ4v) is 5.04. The summed E-state index contributed by atoms with van der Waals surface area (Å²) in [5, 5.41) is 7.35. The summed E-state index contributed by atoms with van der Waals surface area (Å²) in [5.74, 6) is 0.0763. The van der Waals surface area contributed by atoms with E-state index in [-0.39, 0.29) is 5.91 Å². The van der Waals surface area contributed by atoms with Crippen LogP contribution in [-0.2, 0) is 13.1 Å². The average molecular weight is 446 g/mol. The zero-order valence-corrected chi connectivity index (χ0v) is 19.1. The van der Waals surface area contributed by atoms with Crippen LogP contribution in [0.5, 0.6) is 0 Å². The van der Waals surface area contributed by atoms with Gasteiger partial charge in [-0.15, -0.1) is 11.3 Å². The van der Waals surface area contributed by atoms with E-state index >= 15 is 0 Å². The maximum Gasteiger partial charge on any atom is 0.254 e. The van der Waals surface area contributed by atoms with Crippen LogP contribution in [0.25, 0.3) is 21.6 Å². The zero-order valence-electron chi connectivity index (χ0n) is 18.3. The van der Waals surface area contributed by atoms with Crippen LogP contribution in [0.2, 0.25) is 0 Å². The van der Waals surface area contributed by atoms with E-state index in [9.17, 15) is 4.79 Å². The summed E-state index contributed by atoms with van der Waals surface area (Å²) in [6.45, 7) is 7.06. The number of pyridine rings is 1. The van der Waals surface area contributed by atoms with E-state index in [1.807, 2.05) is 46.2 Å². The van der Waals surface area contributed by atoms with Crippen LogP contribution in [0.3, 0.4) is 0 Å². The van der Waals surface area contributed by atoms with Crippen molar-refractivity contribution in [3.05, 3.63) is 71.2 Å². The van der Waals surface area contributed by atoms with Gasteiger partial charge in [-0.05, 0) is 36.4 Å². The summed E-state index contributed by atoms with van der Waals surface area (Å²) in [7, 11) is 0. The van der Waals surface area contributed by atoms with Gasteiger partial charge in [0.25, 0.3) is 5.91 Å². The first-order chi connectivity index (χ1) is 15.7. The van der Waals surface area contributed by atoms with E-state index in [2.05, 4.69) is 34.3 Å². The molecule has 1 amide bonds. The van der Waals surface area contributed by atoms with Gasteiger partial charge >= 0.3 is 0 Å². The molecule has 0 saturated carbocycles. The molecule has 0 N–H and O–H groups in total. The van der Waals surface area contributed by atoms with Gasteiger partial charge in [-0.1, -0.05) is 36.4 Å². The Balaban J connectivity index is 1.41. The lowest BCUT2D eigenvalue weighted by molar-refractivity contribution is 0.0763. The maximum atomic E-state index is 13.7. The molecular formula is C25H27N5OS. The van der Waals surface area contributed by atoms with Crippen LogP contribution in [0, 0.1) is 0 Å². The van der Waals surface area contributed by atoms with Crippen molar-refractivity contribution in [1.82, 2.24) is 24.6 Å². The SMILES string of the molecule is CCn1ncc2c(C(=O)N3CCCN(Cc4ccccc4)CC3)cc(-c3cccs3)nc21. The molecule has 5 rings (SSSR count). The number of carbonyl (C=O) groups excluding carboxylic acids is 1. The van der Waals surface area contributed by atoms with E-state index in [1.54, 1.807) is 17.5 Å². The predicted octanol–water partition coefficient (Wildman–Crippen LogP) is 4.53. The Bertz CT molecular complexity index is 1200. The normalized spacial score (nSPS) is 15.2.